The van der Waals surface area contributed by atoms with E-state index in [2.05, 4.69) is 18.7 Å². The van der Waals surface area contributed by atoms with Gasteiger partial charge in [-0.1, -0.05) is 11.6 Å². The van der Waals surface area contributed by atoms with Gasteiger partial charge in [0.05, 0.1) is 15.6 Å². The van der Waals surface area contributed by atoms with E-state index in [1.54, 1.807) is 6.07 Å². The molecule has 2 rings (SSSR count). The fraction of sp³-hybridized carbons (Fsp3) is 0.538. The molecule has 0 amide bonds. The van der Waals surface area contributed by atoms with Crippen molar-refractivity contribution in [2.75, 3.05) is 4.90 Å². The minimum atomic E-state index is -0.418. The highest BCUT2D eigenvalue weighted by Gasteiger charge is 2.27. The number of non-ortho nitro benzene ring substituents is 1. The van der Waals surface area contributed by atoms with Crippen LogP contribution in [0.5, 0.6) is 0 Å². The summed E-state index contributed by atoms with van der Waals surface area (Å²) in [6.07, 6.45) is 3.50. The molecule has 1 aliphatic heterocycles. The summed E-state index contributed by atoms with van der Waals surface area (Å²) in [4.78, 5) is 12.6. The maximum Gasteiger partial charge on any atom is 0.271 e. The lowest BCUT2D eigenvalue weighted by Gasteiger charge is -2.41. The van der Waals surface area contributed by atoms with Crippen LogP contribution in [0.3, 0.4) is 0 Å². The molecule has 0 N–H and O–H groups in total. The Labute approximate surface area is 112 Å². The van der Waals surface area contributed by atoms with Crippen LogP contribution in [0.2, 0.25) is 5.02 Å². The summed E-state index contributed by atoms with van der Waals surface area (Å²) in [5.74, 6) is 0. The van der Waals surface area contributed by atoms with Crippen molar-refractivity contribution in [3.8, 4) is 0 Å². The van der Waals surface area contributed by atoms with Gasteiger partial charge in [0.2, 0.25) is 0 Å². The van der Waals surface area contributed by atoms with Crippen molar-refractivity contribution in [3.63, 3.8) is 0 Å². The van der Waals surface area contributed by atoms with E-state index < -0.39 is 4.92 Å². The first-order valence-electron chi connectivity index (χ1n) is 6.23. The van der Waals surface area contributed by atoms with Crippen LogP contribution in [0.25, 0.3) is 0 Å². The normalized spacial score (nSPS) is 24.1. The molecule has 1 aromatic rings. The number of halogens is 1. The second-order valence-corrected chi connectivity index (χ2v) is 5.34. The van der Waals surface area contributed by atoms with Gasteiger partial charge in [-0.15, -0.1) is 0 Å². The number of nitrogens with zero attached hydrogens (tertiary/aromatic N) is 2. The monoisotopic (exact) mass is 268 g/mol. The van der Waals surface area contributed by atoms with Crippen molar-refractivity contribution in [1.29, 1.82) is 0 Å². The van der Waals surface area contributed by atoms with Crippen molar-refractivity contribution < 1.29 is 4.92 Å². The molecule has 0 aromatic heterocycles. The summed E-state index contributed by atoms with van der Waals surface area (Å²) in [6.45, 7) is 4.35. The smallest absolute Gasteiger partial charge is 0.271 e. The molecular weight excluding hydrogens is 252 g/mol. The minimum Gasteiger partial charge on any atom is -0.365 e. The quantitative estimate of drug-likeness (QED) is 0.601. The zero-order valence-corrected chi connectivity index (χ0v) is 11.4. The van der Waals surface area contributed by atoms with Crippen LogP contribution in [-0.4, -0.2) is 17.0 Å². The summed E-state index contributed by atoms with van der Waals surface area (Å²) in [6, 6.07) is 5.57. The average molecular weight is 269 g/mol. The maximum absolute atomic E-state index is 10.7. The van der Waals surface area contributed by atoms with Gasteiger partial charge in [0.15, 0.2) is 0 Å². The lowest BCUT2D eigenvalue weighted by molar-refractivity contribution is -0.384. The number of nitro groups is 1. The van der Waals surface area contributed by atoms with Gasteiger partial charge in [0, 0.05) is 24.2 Å². The van der Waals surface area contributed by atoms with Crippen LogP contribution in [0.1, 0.15) is 33.1 Å². The molecule has 1 fully saturated rings. The van der Waals surface area contributed by atoms with Crippen LogP contribution in [0.15, 0.2) is 18.2 Å². The second-order valence-electron chi connectivity index (χ2n) is 4.93. The lowest BCUT2D eigenvalue weighted by atomic mass is 9.96. The highest BCUT2D eigenvalue weighted by molar-refractivity contribution is 6.33. The molecule has 1 heterocycles. The number of benzene rings is 1. The molecule has 4 nitrogen and oxygen atoms in total. The molecule has 2 atom stereocenters. The van der Waals surface area contributed by atoms with Gasteiger partial charge in [-0.2, -0.15) is 0 Å². The zero-order chi connectivity index (χ0) is 13.3. The topological polar surface area (TPSA) is 46.4 Å². The predicted octanol–water partition coefficient (Wildman–Crippen LogP) is 4.02. The fourth-order valence-electron chi connectivity index (χ4n) is 2.71. The molecule has 2 unspecified atom stereocenters. The highest BCUT2D eigenvalue weighted by atomic mass is 35.5. The van der Waals surface area contributed by atoms with Crippen LogP contribution in [0.4, 0.5) is 11.4 Å². The summed E-state index contributed by atoms with van der Waals surface area (Å²) in [7, 11) is 0. The molecule has 5 heteroatoms. The molecule has 0 radical (unpaired) electrons. The van der Waals surface area contributed by atoms with E-state index in [4.69, 9.17) is 11.6 Å². The van der Waals surface area contributed by atoms with E-state index in [0.717, 1.165) is 18.5 Å². The van der Waals surface area contributed by atoms with Crippen molar-refractivity contribution in [1.82, 2.24) is 0 Å². The van der Waals surface area contributed by atoms with Crippen LogP contribution < -0.4 is 4.90 Å². The van der Waals surface area contributed by atoms with E-state index >= 15 is 0 Å². The summed E-state index contributed by atoms with van der Waals surface area (Å²) >= 11 is 6.19. The molecule has 1 aliphatic rings. The molecule has 0 saturated carbocycles. The third-order valence-corrected chi connectivity index (χ3v) is 3.92. The summed E-state index contributed by atoms with van der Waals surface area (Å²) in [5.41, 5.74) is 0.947. The van der Waals surface area contributed by atoms with E-state index in [-0.39, 0.29) is 5.69 Å². The van der Waals surface area contributed by atoms with Gasteiger partial charge in [-0.05, 0) is 39.2 Å². The number of hydrogen-bond acceptors (Lipinski definition) is 3. The summed E-state index contributed by atoms with van der Waals surface area (Å²) in [5, 5.41) is 11.2. The second kappa shape index (κ2) is 5.14. The third-order valence-electron chi connectivity index (χ3n) is 3.61. The van der Waals surface area contributed by atoms with E-state index in [1.807, 2.05) is 0 Å². The Balaban J connectivity index is 2.35. The van der Waals surface area contributed by atoms with Crippen LogP contribution >= 0.6 is 11.6 Å². The average Bonchev–Trinajstić information content (AvgIpc) is 2.30. The van der Waals surface area contributed by atoms with Crippen LogP contribution in [0, 0.1) is 10.1 Å². The van der Waals surface area contributed by atoms with Crippen molar-refractivity contribution >= 4 is 23.0 Å². The molecule has 0 bridgehead atoms. The largest absolute Gasteiger partial charge is 0.365 e. The molecular formula is C13H17ClN2O2. The van der Waals surface area contributed by atoms with E-state index in [9.17, 15) is 10.1 Å². The predicted molar refractivity (Wildman–Crippen MR) is 73.4 cm³/mol. The summed E-state index contributed by atoms with van der Waals surface area (Å²) < 4.78 is 0. The van der Waals surface area contributed by atoms with Gasteiger partial charge in [-0.25, -0.2) is 0 Å². The van der Waals surface area contributed by atoms with Gasteiger partial charge in [0.25, 0.3) is 5.69 Å². The molecule has 0 spiro atoms. The molecule has 18 heavy (non-hydrogen) atoms. The molecule has 1 aromatic carbocycles. The van der Waals surface area contributed by atoms with Crippen LogP contribution in [-0.2, 0) is 0 Å². The number of piperidine rings is 1. The van der Waals surface area contributed by atoms with E-state index in [1.165, 1.54) is 18.6 Å². The van der Waals surface area contributed by atoms with Crippen molar-refractivity contribution in [2.24, 2.45) is 0 Å². The first-order chi connectivity index (χ1) is 8.50. The first kappa shape index (κ1) is 13.1. The molecule has 1 saturated heterocycles. The Bertz CT molecular complexity index is 454. The van der Waals surface area contributed by atoms with Crippen molar-refractivity contribution in [3.05, 3.63) is 33.3 Å². The third kappa shape index (κ3) is 2.43. The number of nitro benzene ring substituents is 1. The minimum absolute atomic E-state index is 0.0427. The number of rotatable bonds is 2. The highest BCUT2D eigenvalue weighted by Crippen LogP contribution is 2.35. The number of anilines is 1. The Kier molecular flexibility index (Phi) is 3.76. The molecule has 98 valence electrons. The van der Waals surface area contributed by atoms with Gasteiger partial charge in [-0.3, -0.25) is 10.1 Å². The Morgan fingerprint density at radius 3 is 2.44 bits per heavy atom. The van der Waals surface area contributed by atoms with Crippen molar-refractivity contribution in [2.45, 2.75) is 45.2 Å². The first-order valence-corrected chi connectivity index (χ1v) is 6.60. The SMILES string of the molecule is CC1CCCC(C)N1c1ccc([N+](=O)[O-])cc1Cl. The maximum atomic E-state index is 10.7. The Hall–Kier alpha value is -1.29. The van der Waals surface area contributed by atoms with E-state index in [0.29, 0.717) is 17.1 Å². The zero-order valence-electron chi connectivity index (χ0n) is 10.6. The number of hydrogen-bond donors (Lipinski definition) is 0. The standard InChI is InChI=1S/C13H17ClN2O2/c1-9-4-3-5-10(2)15(9)13-7-6-11(16(17)18)8-12(13)14/h6-10H,3-5H2,1-2H3. The lowest BCUT2D eigenvalue weighted by Crippen LogP contribution is -2.43. The van der Waals surface area contributed by atoms with Gasteiger partial charge >= 0.3 is 0 Å². The Morgan fingerprint density at radius 1 is 1.33 bits per heavy atom. The molecule has 0 aliphatic carbocycles. The van der Waals surface area contributed by atoms with Gasteiger partial charge < -0.3 is 4.90 Å². The van der Waals surface area contributed by atoms with Gasteiger partial charge in [0.1, 0.15) is 0 Å². The fourth-order valence-corrected chi connectivity index (χ4v) is 2.99. The Morgan fingerprint density at radius 2 is 1.94 bits per heavy atom.